The van der Waals surface area contributed by atoms with Gasteiger partial charge in [0, 0.05) is 36.2 Å². The molecule has 1 amide bonds. The molecule has 0 heterocycles. The van der Waals surface area contributed by atoms with Crippen molar-refractivity contribution in [2.24, 2.45) is 5.84 Å². The number of nitrogens with one attached hydrogen (secondary N) is 1. The Kier molecular flexibility index (Phi) is 8.21. The Morgan fingerprint density at radius 3 is 2.50 bits per heavy atom. The van der Waals surface area contributed by atoms with Crippen LogP contribution in [0, 0.1) is 0 Å². The average molecular weight is 357 g/mol. The molecule has 0 saturated heterocycles. The van der Waals surface area contributed by atoms with E-state index < -0.39 is 18.8 Å². The van der Waals surface area contributed by atoms with Crippen LogP contribution in [0.25, 0.3) is 0 Å². The number of nitrogens with two attached hydrogens (primary N) is 1. The van der Waals surface area contributed by atoms with Crippen LogP contribution in [0.1, 0.15) is 38.0 Å². The van der Waals surface area contributed by atoms with Crippen LogP contribution in [0.4, 0.5) is 14.5 Å². The third-order valence-corrected chi connectivity index (χ3v) is 4.36. The smallest absolute Gasteiger partial charge is 0.253 e. The molecule has 0 radical (unpaired) electrons. The minimum absolute atomic E-state index is 0.0611. The number of benzene rings is 1. The highest BCUT2D eigenvalue weighted by Crippen LogP contribution is 2.35. The largest absolute Gasteiger partial charge is 0.322 e. The molecule has 0 aliphatic carbocycles. The van der Waals surface area contributed by atoms with Gasteiger partial charge in [0.25, 0.3) is 5.91 Å². The van der Waals surface area contributed by atoms with E-state index >= 15 is 0 Å². The fourth-order valence-corrected chi connectivity index (χ4v) is 3.43. The molecule has 0 aromatic heterocycles. The number of alkyl halides is 2. The van der Waals surface area contributed by atoms with Crippen molar-refractivity contribution >= 4 is 23.4 Å². The topological polar surface area (TPSA) is 58.4 Å². The first kappa shape index (κ1) is 20.4. The summed E-state index contributed by atoms with van der Waals surface area (Å²) in [5, 5.41) is 4.44. The highest BCUT2D eigenvalue weighted by atomic mass is 32.2. The standard InChI is InChI=1S/C17H25F2N3OS/c1-11(2)24-12(3)14-7-5-6-8-15(14)21-17(23)13(9-16(18)19)10-22(4)20/h5-8,10-12,16H,9,20H2,1-4H3,(H,21,23)/b13-10+. The maximum atomic E-state index is 12.7. The molecule has 1 aromatic rings. The predicted molar refractivity (Wildman–Crippen MR) is 96.9 cm³/mol. The number of carbonyl (C=O) groups is 1. The predicted octanol–water partition coefficient (Wildman–Crippen LogP) is 4.17. The molecule has 0 fully saturated rings. The molecule has 4 nitrogen and oxygen atoms in total. The average Bonchev–Trinajstić information content (AvgIpc) is 2.45. The van der Waals surface area contributed by atoms with Crippen LogP contribution in [0.2, 0.25) is 0 Å². The van der Waals surface area contributed by atoms with E-state index in [2.05, 4.69) is 26.1 Å². The van der Waals surface area contributed by atoms with E-state index in [0.29, 0.717) is 10.9 Å². The summed E-state index contributed by atoms with van der Waals surface area (Å²) in [7, 11) is 1.48. The van der Waals surface area contributed by atoms with Crippen molar-refractivity contribution in [3.05, 3.63) is 41.6 Å². The normalized spacial score (nSPS) is 13.3. The van der Waals surface area contributed by atoms with E-state index in [0.717, 1.165) is 10.6 Å². The Balaban J connectivity index is 3.00. The summed E-state index contributed by atoms with van der Waals surface area (Å²) < 4.78 is 25.4. The number of para-hydroxylation sites is 1. The summed E-state index contributed by atoms with van der Waals surface area (Å²) in [6.45, 7) is 6.26. The maximum absolute atomic E-state index is 12.7. The fraction of sp³-hybridized carbons (Fsp3) is 0.471. The molecule has 0 bridgehead atoms. The van der Waals surface area contributed by atoms with Gasteiger partial charge in [-0.3, -0.25) is 4.79 Å². The SMILES string of the molecule is CC(C)SC(C)c1ccccc1NC(=O)/C(=C/N(C)N)CC(F)F. The monoisotopic (exact) mass is 357 g/mol. The lowest BCUT2D eigenvalue weighted by Crippen LogP contribution is -2.24. The molecule has 0 aliphatic rings. The maximum Gasteiger partial charge on any atom is 0.253 e. The minimum Gasteiger partial charge on any atom is -0.322 e. The number of hydrogen-bond acceptors (Lipinski definition) is 4. The zero-order chi connectivity index (χ0) is 18.3. The first-order valence-electron chi connectivity index (χ1n) is 7.72. The summed E-state index contributed by atoms with van der Waals surface area (Å²) in [6, 6.07) is 7.40. The number of nitrogens with zero attached hydrogens (tertiary/aromatic N) is 1. The zero-order valence-electron chi connectivity index (χ0n) is 14.4. The number of thioether (sulfide) groups is 1. The first-order chi connectivity index (χ1) is 11.2. The van der Waals surface area contributed by atoms with Crippen molar-refractivity contribution in [2.45, 2.75) is 44.1 Å². The molecule has 0 aliphatic heterocycles. The number of anilines is 1. The van der Waals surface area contributed by atoms with E-state index in [4.69, 9.17) is 5.84 Å². The van der Waals surface area contributed by atoms with Crippen molar-refractivity contribution in [1.29, 1.82) is 0 Å². The fourth-order valence-electron chi connectivity index (χ4n) is 2.27. The molecule has 1 unspecified atom stereocenters. The Hall–Kier alpha value is -1.60. The van der Waals surface area contributed by atoms with Gasteiger partial charge in [0.1, 0.15) is 0 Å². The molecule has 1 rings (SSSR count). The molecule has 1 aromatic carbocycles. The lowest BCUT2D eigenvalue weighted by molar-refractivity contribution is -0.113. The van der Waals surface area contributed by atoms with Crippen LogP contribution in [0.5, 0.6) is 0 Å². The molecule has 7 heteroatoms. The molecule has 134 valence electrons. The first-order valence-corrected chi connectivity index (χ1v) is 8.67. The summed E-state index contributed by atoms with van der Waals surface area (Å²) in [4.78, 5) is 12.4. The van der Waals surface area contributed by atoms with Gasteiger partial charge in [0.2, 0.25) is 6.43 Å². The van der Waals surface area contributed by atoms with Crippen molar-refractivity contribution in [3.63, 3.8) is 0 Å². The third-order valence-electron chi connectivity index (χ3n) is 3.15. The summed E-state index contributed by atoms with van der Waals surface area (Å²) >= 11 is 1.76. The van der Waals surface area contributed by atoms with Gasteiger partial charge in [0.05, 0.1) is 0 Å². The quantitative estimate of drug-likeness (QED) is 0.416. The van der Waals surface area contributed by atoms with Gasteiger partial charge in [-0.2, -0.15) is 11.8 Å². The van der Waals surface area contributed by atoms with Crippen LogP contribution in [0.3, 0.4) is 0 Å². The van der Waals surface area contributed by atoms with Crippen molar-refractivity contribution in [3.8, 4) is 0 Å². The van der Waals surface area contributed by atoms with Crippen LogP contribution in [0.15, 0.2) is 36.0 Å². The van der Waals surface area contributed by atoms with E-state index in [-0.39, 0.29) is 10.8 Å². The molecule has 24 heavy (non-hydrogen) atoms. The molecule has 1 atom stereocenters. The van der Waals surface area contributed by atoms with Crippen LogP contribution >= 0.6 is 11.8 Å². The zero-order valence-corrected chi connectivity index (χ0v) is 15.2. The summed E-state index contributed by atoms with van der Waals surface area (Å²) in [6.07, 6.45) is -2.05. The molecular weight excluding hydrogens is 332 g/mol. The minimum atomic E-state index is -2.62. The lowest BCUT2D eigenvalue weighted by atomic mass is 10.1. The number of carbonyl (C=O) groups excluding carboxylic acids is 1. The van der Waals surface area contributed by atoms with Crippen molar-refractivity contribution in [1.82, 2.24) is 5.01 Å². The second-order valence-electron chi connectivity index (χ2n) is 5.78. The number of halogens is 2. The molecular formula is C17H25F2N3OS. The Morgan fingerprint density at radius 2 is 1.96 bits per heavy atom. The molecule has 0 spiro atoms. The van der Waals surface area contributed by atoms with Gasteiger partial charge in [-0.15, -0.1) is 0 Å². The second-order valence-corrected chi connectivity index (χ2v) is 7.71. The van der Waals surface area contributed by atoms with Crippen molar-refractivity contribution < 1.29 is 13.6 Å². The summed E-state index contributed by atoms with van der Waals surface area (Å²) in [5.74, 6) is 4.89. The third kappa shape index (κ3) is 6.88. The van der Waals surface area contributed by atoms with Gasteiger partial charge in [-0.1, -0.05) is 32.0 Å². The highest BCUT2D eigenvalue weighted by Gasteiger charge is 2.19. The number of rotatable bonds is 8. The van der Waals surface area contributed by atoms with E-state index in [1.165, 1.54) is 13.2 Å². The number of hydrazine groups is 1. The van der Waals surface area contributed by atoms with Gasteiger partial charge in [-0.05, 0) is 23.8 Å². The highest BCUT2D eigenvalue weighted by molar-refractivity contribution is 8.00. The Bertz CT molecular complexity index is 577. The molecule has 3 N–H and O–H groups in total. The van der Waals surface area contributed by atoms with Gasteiger partial charge in [-0.25, -0.2) is 14.6 Å². The molecule has 0 saturated carbocycles. The number of hydrogen-bond donors (Lipinski definition) is 2. The number of amides is 1. The van der Waals surface area contributed by atoms with Crippen LogP contribution < -0.4 is 11.2 Å². The van der Waals surface area contributed by atoms with E-state index in [1.54, 1.807) is 23.9 Å². The Morgan fingerprint density at radius 1 is 1.33 bits per heavy atom. The second kappa shape index (κ2) is 9.64. The van der Waals surface area contributed by atoms with Crippen molar-refractivity contribution in [2.75, 3.05) is 12.4 Å². The van der Waals surface area contributed by atoms with Gasteiger partial charge >= 0.3 is 0 Å². The summed E-state index contributed by atoms with van der Waals surface area (Å²) in [5.41, 5.74) is 1.53. The van der Waals surface area contributed by atoms with Gasteiger partial charge in [0.15, 0.2) is 0 Å². The lowest BCUT2D eigenvalue weighted by Gasteiger charge is -2.19. The van der Waals surface area contributed by atoms with Crippen LogP contribution in [-0.4, -0.2) is 29.6 Å². The van der Waals surface area contributed by atoms with E-state index in [1.807, 2.05) is 12.1 Å². The Labute approximate surface area is 146 Å². The van der Waals surface area contributed by atoms with E-state index in [9.17, 15) is 13.6 Å². The van der Waals surface area contributed by atoms with Gasteiger partial charge < -0.3 is 10.3 Å². The van der Waals surface area contributed by atoms with Crippen LogP contribution in [-0.2, 0) is 4.79 Å².